The quantitative estimate of drug-likeness (QED) is 0.622. The van der Waals surface area contributed by atoms with Gasteiger partial charge < -0.3 is 5.32 Å². The highest BCUT2D eigenvalue weighted by atomic mass is 15.0. The third kappa shape index (κ3) is 5.25. The van der Waals surface area contributed by atoms with Crippen molar-refractivity contribution in [1.82, 2.24) is 5.32 Å². The summed E-state index contributed by atoms with van der Waals surface area (Å²) >= 11 is 0. The van der Waals surface area contributed by atoms with Gasteiger partial charge in [-0.2, -0.15) is 0 Å². The first kappa shape index (κ1) is 11.5. The summed E-state index contributed by atoms with van der Waals surface area (Å²) in [6, 6.07) is 0. The Labute approximate surface area is 88.2 Å². The molecule has 0 spiro atoms. The Bertz CT molecular complexity index is 164. The lowest BCUT2D eigenvalue weighted by Crippen LogP contribution is -2.22. The van der Waals surface area contributed by atoms with Crippen molar-refractivity contribution in [2.24, 2.45) is 4.99 Å². The molecule has 14 heavy (non-hydrogen) atoms. The Morgan fingerprint density at radius 1 is 1.14 bits per heavy atom. The summed E-state index contributed by atoms with van der Waals surface area (Å²) in [5.41, 5.74) is 0. The minimum Gasteiger partial charge on any atom is -0.374 e. The van der Waals surface area contributed by atoms with Crippen molar-refractivity contribution in [3.05, 3.63) is 0 Å². The zero-order valence-corrected chi connectivity index (χ0v) is 9.52. The molecule has 0 aromatic heterocycles. The third-order valence-electron chi connectivity index (χ3n) is 2.73. The Morgan fingerprint density at radius 2 is 1.93 bits per heavy atom. The minimum atomic E-state index is 1.04. The Hall–Kier alpha value is -0.530. The van der Waals surface area contributed by atoms with Crippen LogP contribution < -0.4 is 5.32 Å². The molecule has 0 aromatic rings. The zero-order valence-electron chi connectivity index (χ0n) is 9.52. The van der Waals surface area contributed by atoms with Crippen LogP contribution in [-0.2, 0) is 0 Å². The van der Waals surface area contributed by atoms with Crippen molar-refractivity contribution in [2.75, 3.05) is 13.1 Å². The number of rotatable bonds is 7. The maximum atomic E-state index is 4.39. The average Bonchev–Trinajstić information content (AvgIpc) is 2.69. The molecule has 1 N–H and O–H groups in total. The molecule has 0 amide bonds. The lowest BCUT2D eigenvalue weighted by molar-refractivity contribution is 0.601. The summed E-state index contributed by atoms with van der Waals surface area (Å²) in [7, 11) is 0. The number of amidine groups is 1. The van der Waals surface area contributed by atoms with E-state index < -0.39 is 0 Å². The molecule has 0 radical (unpaired) electrons. The van der Waals surface area contributed by atoms with Gasteiger partial charge in [0, 0.05) is 19.5 Å². The molecule has 0 saturated heterocycles. The van der Waals surface area contributed by atoms with E-state index in [1.54, 1.807) is 0 Å². The van der Waals surface area contributed by atoms with Crippen molar-refractivity contribution < 1.29 is 0 Å². The van der Waals surface area contributed by atoms with E-state index in [2.05, 4.69) is 17.2 Å². The average molecular weight is 196 g/mol. The first-order valence-corrected chi connectivity index (χ1v) is 6.20. The van der Waals surface area contributed by atoms with Crippen LogP contribution in [0.4, 0.5) is 0 Å². The summed E-state index contributed by atoms with van der Waals surface area (Å²) in [6.07, 6.45) is 10.7. The van der Waals surface area contributed by atoms with Crippen LogP contribution in [-0.4, -0.2) is 18.9 Å². The predicted octanol–water partition coefficient (Wildman–Crippen LogP) is 3.13. The first-order chi connectivity index (χ1) is 6.93. The molecule has 2 heteroatoms. The normalized spacial score (nSPS) is 15.6. The van der Waals surface area contributed by atoms with Gasteiger partial charge in [0.1, 0.15) is 0 Å². The van der Waals surface area contributed by atoms with Gasteiger partial charge in [-0.05, 0) is 12.8 Å². The number of hydrogen-bond donors (Lipinski definition) is 1. The van der Waals surface area contributed by atoms with Gasteiger partial charge in [0.05, 0.1) is 5.84 Å². The molecule has 2 nitrogen and oxygen atoms in total. The van der Waals surface area contributed by atoms with Gasteiger partial charge in [0.15, 0.2) is 0 Å². The second-order valence-electron chi connectivity index (χ2n) is 4.13. The SMILES string of the molecule is CCCCCCCCNC1=NCCC1. The zero-order chi connectivity index (χ0) is 10.1. The van der Waals surface area contributed by atoms with Gasteiger partial charge >= 0.3 is 0 Å². The second-order valence-corrected chi connectivity index (χ2v) is 4.13. The lowest BCUT2D eigenvalue weighted by atomic mass is 10.1. The summed E-state index contributed by atoms with van der Waals surface area (Å²) in [6.45, 7) is 4.43. The fourth-order valence-corrected chi connectivity index (χ4v) is 1.82. The van der Waals surface area contributed by atoms with E-state index in [1.165, 1.54) is 57.2 Å². The number of hydrogen-bond acceptors (Lipinski definition) is 2. The smallest absolute Gasteiger partial charge is 0.0963 e. The lowest BCUT2D eigenvalue weighted by Gasteiger charge is -2.04. The number of nitrogens with zero attached hydrogens (tertiary/aromatic N) is 1. The van der Waals surface area contributed by atoms with Gasteiger partial charge in [-0.25, -0.2) is 0 Å². The molecule has 1 aliphatic rings. The van der Waals surface area contributed by atoms with E-state index in [-0.39, 0.29) is 0 Å². The molecule has 0 bridgehead atoms. The molecule has 1 heterocycles. The van der Waals surface area contributed by atoms with Gasteiger partial charge in [-0.1, -0.05) is 39.0 Å². The maximum Gasteiger partial charge on any atom is 0.0963 e. The monoisotopic (exact) mass is 196 g/mol. The largest absolute Gasteiger partial charge is 0.374 e. The fourth-order valence-electron chi connectivity index (χ4n) is 1.82. The predicted molar refractivity (Wildman–Crippen MR) is 62.9 cm³/mol. The topological polar surface area (TPSA) is 24.4 Å². The summed E-state index contributed by atoms with van der Waals surface area (Å²) in [5, 5.41) is 3.42. The molecule has 0 aromatic carbocycles. The van der Waals surface area contributed by atoms with Crippen LogP contribution >= 0.6 is 0 Å². The van der Waals surface area contributed by atoms with Gasteiger partial charge in [-0.15, -0.1) is 0 Å². The first-order valence-electron chi connectivity index (χ1n) is 6.20. The van der Waals surface area contributed by atoms with Crippen LogP contribution in [0, 0.1) is 0 Å². The highest BCUT2D eigenvalue weighted by Crippen LogP contribution is 2.05. The van der Waals surface area contributed by atoms with E-state index >= 15 is 0 Å². The highest BCUT2D eigenvalue weighted by molar-refractivity contribution is 5.83. The number of aliphatic imine (C=N–C) groups is 1. The van der Waals surface area contributed by atoms with E-state index in [1.807, 2.05) is 0 Å². The van der Waals surface area contributed by atoms with Crippen molar-refractivity contribution in [3.8, 4) is 0 Å². The molecule has 1 rings (SSSR count). The second kappa shape index (κ2) is 7.84. The van der Waals surface area contributed by atoms with E-state index in [0.717, 1.165) is 13.1 Å². The molecule has 0 unspecified atom stereocenters. The van der Waals surface area contributed by atoms with Crippen LogP contribution in [0.5, 0.6) is 0 Å². The Kier molecular flexibility index (Phi) is 6.46. The standard InChI is InChI=1S/C12H24N2/c1-2-3-4-5-6-7-10-13-12-9-8-11-14-12/h2-11H2,1H3,(H,13,14). The van der Waals surface area contributed by atoms with Crippen molar-refractivity contribution in [3.63, 3.8) is 0 Å². The van der Waals surface area contributed by atoms with E-state index in [9.17, 15) is 0 Å². The van der Waals surface area contributed by atoms with Crippen LogP contribution in [0.1, 0.15) is 58.3 Å². The Balaban J connectivity index is 1.80. The van der Waals surface area contributed by atoms with E-state index in [0.29, 0.717) is 0 Å². The maximum absolute atomic E-state index is 4.39. The summed E-state index contributed by atoms with van der Waals surface area (Å²) < 4.78 is 0. The number of unbranched alkanes of at least 4 members (excludes halogenated alkanes) is 5. The molecule has 82 valence electrons. The van der Waals surface area contributed by atoms with Gasteiger partial charge in [0.2, 0.25) is 0 Å². The van der Waals surface area contributed by atoms with Gasteiger partial charge in [-0.3, -0.25) is 4.99 Å². The summed E-state index contributed by atoms with van der Waals surface area (Å²) in [4.78, 5) is 4.39. The third-order valence-corrected chi connectivity index (χ3v) is 2.73. The van der Waals surface area contributed by atoms with Crippen molar-refractivity contribution in [2.45, 2.75) is 58.3 Å². The molecule has 0 saturated carbocycles. The Morgan fingerprint density at radius 3 is 2.64 bits per heavy atom. The van der Waals surface area contributed by atoms with E-state index in [4.69, 9.17) is 0 Å². The van der Waals surface area contributed by atoms with Crippen molar-refractivity contribution in [1.29, 1.82) is 0 Å². The highest BCUT2D eigenvalue weighted by Gasteiger charge is 2.03. The van der Waals surface area contributed by atoms with Crippen molar-refractivity contribution >= 4 is 5.84 Å². The molecule has 0 fully saturated rings. The molecule has 0 aliphatic carbocycles. The molecule has 1 aliphatic heterocycles. The number of nitrogens with one attached hydrogen (secondary N) is 1. The van der Waals surface area contributed by atoms with Crippen LogP contribution in [0.2, 0.25) is 0 Å². The molecular formula is C12H24N2. The van der Waals surface area contributed by atoms with Crippen LogP contribution in [0.15, 0.2) is 4.99 Å². The van der Waals surface area contributed by atoms with Crippen LogP contribution in [0.25, 0.3) is 0 Å². The molecular weight excluding hydrogens is 172 g/mol. The van der Waals surface area contributed by atoms with Gasteiger partial charge in [0.25, 0.3) is 0 Å². The summed E-state index contributed by atoms with van der Waals surface area (Å²) in [5.74, 6) is 1.25. The fraction of sp³-hybridized carbons (Fsp3) is 0.917. The van der Waals surface area contributed by atoms with Crippen LogP contribution in [0.3, 0.4) is 0 Å². The minimum absolute atomic E-state index is 1.04. The molecule has 0 atom stereocenters.